The normalized spacial score (nSPS) is 18.6. The van der Waals surface area contributed by atoms with Gasteiger partial charge in [-0.25, -0.2) is 4.98 Å². The van der Waals surface area contributed by atoms with E-state index in [9.17, 15) is 14.9 Å². The molecule has 2 saturated heterocycles. The van der Waals surface area contributed by atoms with Crippen molar-refractivity contribution in [2.24, 2.45) is 0 Å². The number of amides is 1. The molecular formula is C15H21BrN6O3. The number of carbonyl (C=O) groups is 1. The van der Waals surface area contributed by atoms with E-state index in [1.165, 1.54) is 6.20 Å². The lowest BCUT2D eigenvalue weighted by atomic mass is 10.2. The summed E-state index contributed by atoms with van der Waals surface area (Å²) >= 11 is 3.35. The van der Waals surface area contributed by atoms with Crippen LogP contribution < -0.4 is 10.6 Å². The van der Waals surface area contributed by atoms with E-state index in [1.807, 2.05) is 9.80 Å². The molecule has 1 aromatic rings. The minimum atomic E-state index is -0.494. The molecule has 2 aliphatic rings. The molecule has 3 heterocycles. The molecule has 0 radical (unpaired) electrons. The first-order valence-electron chi connectivity index (χ1n) is 8.31. The number of pyridine rings is 1. The molecule has 0 atom stereocenters. The summed E-state index contributed by atoms with van der Waals surface area (Å²) in [4.78, 5) is 32.9. The van der Waals surface area contributed by atoms with Gasteiger partial charge in [0.2, 0.25) is 11.7 Å². The minimum absolute atomic E-state index is 0.0881. The second kappa shape index (κ2) is 7.52. The van der Waals surface area contributed by atoms with Crippen molar-refractivity contribution in [3.05, 3.63) is 20.8 Å². The first-order chi connectivity index (χ1) is 12.0. The first-order valence-corrected chi connectivity index (χ1v) is 9.10. The number of hydrogen-bond acceptors (Lipinski definition) is 7. The molecule has 2 aliphatic heterocycles. The molecule has 136 valence electrons. The Bertz CT molecular complexity index is 671. The zero-order chi connectivity index (χ0) is 18.0. The lowest BCUT2D eigenvalue weighted by molar-refractivity contribution is -0.383. The van der Waals surface area contributed by atoms with E-state index in [1.54, 1.807) is 0 Å². The van der Waals surface area contributed by atoms with Gasteiger partial charge in [-0.1, -0.05) is 0 Å². The highest BCUT2D eigenvalue weighted by molar-refractivity contribution is 9.10. The van der Waals surface area contributed by atoms with Crippen LogP contribution in [0.3, 0.4) is 0 Å². The van der Waals surface area contributed by atoms with Gasteiger partial charge < -0.3 is 15.5 Å². The lowest BCUT2D eigenvalue weighted by Gasteiger charge is -2.36. The summed E-state index contributed by atoms with van der Waals surface area (Å²) < 4.78 is 0.551. The lowest BCUT2D eigenvalue weighted by Crippen LogP contribution is -2.50. The molecule has 1 amide bonds. The molecule has 0 aromatic carbocycles. The average Bonchev–Trinajstić information content (AvgIpc) is 3.12. The van der Waals surface area contributed by atoms with E-state index in [2.05, 4.69) is 25.8 Å². The smallest absolute Gasteiger partial charge is 0.335 e. The van der Waals surface area contributed by atoms with Crippen molar-refractivity contribution >= 4 is 39.0 Å². The monoisotopic (exact) mass is 412 g/mol. The van der Waals surface area contributed by atoms with Gasteiger partial charge in [-0.05, 0) is 28.8 Å². The summed E-state index contributed by atoms with van der Waals surface area (Å²) in [6, 6.07) is 0. The van der Waals surface area contributed by atoms with Crippen molar-refractivity contribution in [3.8, 4) is 0 Å². The van der Waals surface area contributed by atoms with Gasteiger partial charge in [-0.3, -0.25) is 19.8 Å². The van der Waals surface area contributed by atoms with E-state index >= 15 is 0 Å². The predicted octanol–water partition coefficient (Wildman–Crippen LogP) is 1.08. The number of nitrogens with two attached hydrogens (primary N) is 1. The maximum absolute atomic E-state index is 12.3. The third-order valence-electron chi connectivity index (χ3n) is 4.70. The molecule has 2 N–H and O–H groups in total. The predicted molar refractivity (Wildman–Crippen MR) is 97.5 cm³/mol. The van der Waals surface area contributed by atoms with Crippen LogP contribution in [0.5, 0.6) is 0 Å². The number of anilines is 2. The zero-order valence-corrected chi connectivity index (χ0v) is 15.4. The summed E-state index contributed by atoms with van der Waals surface area (Å²) in [6.07, 6.45) is 3.66. The van der Waals surface area contributed by atoms with Gasteiger partial charge in [-0.15, -0.1) is 0 Å². The Morgan fingerprint density at radius 2 is 1.88 bits per heavy atom. The molecule has 10 heteroatoms. The summed E-state index contributed by atoms with van der Waals surface area (Å²) in [6.45, 7) is 4.65. The Morgan fingerprint density at radius 3 is 2.48 bits per heavy atom. The Morgan fingerprint density at radius 1 is 1.24 bits per heavy atom. The van der Waals surface area contributed by atoms with Gasteiger partial charge >= 0.3 is 5.69 Å². The van der Waals surface area contributed by atoms with Gasteiger partial charge in [0, 0.05) is 45.5 Å². The van der Waals surface area contributed by atoms with Gasteiger partial charge in [0.05, 0.1) is 15.9 Å². The van der Waals surface area contributed by atoms with Crippen molar-refractivity contribution < 1.29 is 9.72 Å². The van der Waals surface area contributed by atoms with Crippen LogP contribution >= 0.6 is 15.9 Å². The van der Waals surface area contributed by atoms with Crippen LogP contribution in [0.15, 0.2) is 10.7 Å². The Kier molecular flexibility index (Phi) is 5.38. The van der Waals surface area contributed by atoms with Gasteiger partial charge in [-0.2, -0.15) is 0 Å². The molecule has 9 nitrogen and oxygen atoms in total. The molecule has 25 heavy (non-hydrogen) atoms. The summed E-state index contributed by atoms with van der Waals surface area (Å²) in [5.74, 6) is 0.0844. The van der Waals surface area contributed by atoms with Crippen LogP contribution in [-0.4, -0.2) is 71.4 Å². The zero-order valence-electron chi connectivity index (χ0n) is 13.9. The second-order valence-electron chi connectivity index (χ2n) is 6.30. The Labute approximate surface area is 154 Å². The Hall–Kier alpha value is -1.94. The topological polar surface area (TPSA) is 109 Å². The number of nitrogen functional groups attached to an aromatic ring is 1. The third kappa shape index (κ3) is 3.84. The second-order valence-corrected chi connectivity index (χ2v) is 7.15. The van der Waals surface area contributed by atoms with Crippen molar-refractivity contribution in [2.45, 2.75) is 12.8 Å². The molecule has 0 aliphatic carbocycles. The van der Waals surface area contributed by atoms with Crippen molar-refractivity contribution in [3.63, 3.8) is 0 Å². The van der Waals surface area contributed by atoms with E-state index in [0.29, 0.717) is 42.9 Å². The SMILES string of the molecule is Nc1ncc(Br)c(N2CCN(CC(=O)N3CCCC3)CC2)c1[N+](=O)[O-]. The van der Waals surface area contributed by atoms with E-state index in [-0.39, 0.29) is 17.4 Å². The number of nitrogens with zero attached hydrogens (tertiary/aromatic N) is 5. The molecule has 0 bridgehead atoms. The van der Waals surface area contributed by atoms with Crippen molar-refractivity contribution in [2.75, 3.05) is 56.4 Å². The Balaban J connectivity index is 1.65. The fourth-order valence-electron chi connectivity index (χ4n) is 3.35. The van der Waals surface area contributed by atoms with Crippen LogP contribution in [0, 0.1) is 10.1 Å². The summed E-state index contributed by atoms with van der Waals surface area (Å²) in [7, 11) is 0. The number of likely N-dealkylation sites (tertiary alicyclic amines) is 1. The maximum atomic E-state index is 12.3. The number of piperazine rings is 1. The number of rotatable bonds is 4. The highest BCUT2D eigenvalue weighted by Gasteiger charge is 2.30. The molecule has 2 fully saturated rings. The number of halogens is 1. The van der Waals surface area contributed by atoms with Crippen LogP contribution in [0.4, 0.5) is 17.2 Å². The minimum Gasteiger partial charge on any atom is -0.378 e. The van der Waals surface area contributed by atoms with E-state index in [4.69, 9.17) is 5.73 Å². The summed E-state index contributed by atoms with van der Waals surface area (Å²) in [5, 5.41) is 11.4. The average molecular weight is 413 g/mol. The molecule has 0 spiro atoms. The van der Waals surface area contributed by atoms with Crippen molar-refractivity contribution in [1.29, 1.82) is 0 Å². The molecule has 1 aromatic heterocycles. The summed E-state index contributed by atoms with van der Waals surface area (Å²) in [5.41, 5.74) is 5.99. The standard InChI is InChI=1S/C15H21BrN6O3/c16-11-9-18-15(17)14(22(24)25)13(11)21-7-5-19(6-8-21)10-12(23)20-3-1-2-4-20/h9H,1-8,10H2,(H2,17,18). The third-order valence-corrected chi connectivity index (χ3v) is 5.28. The van der Waals surface area contributed by atoms with Gasteiger partial charge in [0.15, 0.2) is 0 Å². The number of hydrogen-bond donors (Lipinski definition) is 1. The number of nitro groups is 1. The molecule has 0 unspecified atom stereocenters. The maximum Gasteiger partial charge on any atom is 0.335 e. The van der Waals surface area contributed by atoms with Crippen molar-refractivity contribution in [1.82, 2.24) is 14.8 Å². The highest BCUT2D eigenvalue weighted by atomic mass is 79.9. The molecule has 0 saturated carbocycles. The van der Waals surface area contributed by atoms with Crippen LogP contribution in [0.2, 0.25) is 0 Å². The first kappa shape index (κ1) is 17.9. The van der Waals surface area contributed by atoms with E-state index < -0.39 is 4.92 Å². The highest BCUT2D eigenvalue weighted by Crippen LogP contribution is 2.38. The number of aromatic nitrogens is 1. The fraction of sp³-hybridized carbons (Fsp3) is 0.600. The van der Waals surface area contributed by atoms with Gasteiger partial charge in [0.25, 0.3) is 0 Å². The molecule has 3 rings (SSSR count). The van der Waals surface area contributed by atoms with Crippen LogP contribution in [0.25, 0.3) is 0 Å². The quantitative estimate of drug-likeness (QED) is 0.581. The van der Waals surface area contributed by atoms with E-state index in [0.717, 1.165) is 25.9 Å². The fourth-order valence-corrected chi connectivity index (χ4v) is 3.89. The largest absolute Gasteiger partial charge is 0.378 e. The number of carbonyl (C=O) groups excluding carboxylic acids is 1. The van der Waals surface area contributed by atoms with Crippen LogP contribution in [0.1, 0.15) is 12.8 Å². The van der Waals surface area contributed by atoms with Crippen LogP contribution in [-0.2, 0) is 4.79 Å². The molecular weight excluding hydrogens is 392 g/mol. The van der Waals surface area contributed by atoms with Gasteiger partial charge in [0.1, 0.15) is 5.69 Å².